The third-order valence-electron chi connectivity index (χ3n) is 4.98. The van der Waals surface area contributed by atoms with Crippen molar-refractivity contribution in [1.82, 2.24) is 9.78 Å². The SMILES string of the molecule is CCOC(=O)c1nn(-c2ccccc2F)c(=O)c2c(NC(=O)Cc3ccc(OC)cc3)scc12. The van der Waals surface area contributed by atoms with E-state index in [0.29, 0.717) is 5.75 Å². The molecule has 1 N–H and O–H groups in total. The number of hydrogen-bond acceptors (Lipinski definition) is 7. The van der Waals surface area contributed by atoms with E-state index >= 15 is 0 Å². The standard InChI is InChI=1S/C24H20FN3O5S/c1-3-33-24(31)21-16-13-34-22(26-19(29)12-14-8-10-15(32-2)11-9-14)20(16)23(30)28(27-21)18-7-5-4-6-17(18)25/h4-11,13H,3,12H2,1-2H3,(H,26,29). The van der Waals surface area contributed by atoms with Gasteiger partial charge in [0.05, 0.1) is 25.5 Å². The molecule has 0 aliphatic rings. The Balaban J connectivity index is 1.77. The van der Waals surface area contributed by atoms with Gasteiger partial charge in [0, 0.05) is 10.8 Å². The van der Waals surface area contributed by atoms with Gasteiger partial charge in [0.1, 0.15) is 22.3 Å². The number of esters is 1. The topological polar surface area (TPSA) is 99.5 Å². The van der Waals surface area contributed by atoms with Crippen molar-refractivity contribution in [2.75, 3.05) is 19.0 Å². The first kappa shape index (κ1) is 23.1. The van der Waals surface area contributed by atoms with E-state index in [1.807, 2.05) is 0 Å². The summed E-state index contributed by atoms with van der Waals surface area (Å²) in [5, 5.41) is 8.89. The van der Waals surface area contributed by atoms with E-state index in [-0.39, 0.29) is 46.1 Å². The summed E-state index contributed by atoms with van der Waals surface area (Å²) in [5.74, 6) is -1.14. The van der Waals surface area contributed by atoms with E-state index in [0.717, 1.165) is 21.6 Å². The number of para-hydroxylation sites is 1. The molecule has 0 atom stereocenters. The Morgan fingerprint density at radius 2 is 1.88 bits per heavy atom. The predicted molar refractivity (Wildman–Crippen MR) is 126 cm³/mol. The molecular formula is C24H20FN3O5S. The van der Waals surface area contributed by atoms with Crippen LogP contribution in [0.5, 0.6) is 5.75 Å². The fraction of sp³-hybridized carbons (Fsp3) is 0.167. The van der Waals surface area contributed by atoms with E-state index < -0.39 is 17.3 Å². The van der Waals surface area contributed by atoms with Crippen molar-refractivity contribution in [3.05, 3.63) is 81.3 Å². The number of anilines is 1. The number of fused-ring (bicyclic) bond motifs is 1. The highest BCUT2D eigenvalue weighted by Crippen LogP contribution is 2.31. The summed E-state index contributed by atoms with van der Waals surface area (Å²) in [7, 11) is 1.55. The molecule has 4 rings (SSSR count). The van der Waals surface area contributed by atoms with Crippen LogP contribution in [0.3, 0.4) is 0 Å². The molecule has 4 aromatic rings. The Labute approximate surface area is 197 Å². The zero-order valence-electron chi connectivity index (χ0n) is 18.3. The summed E-state index contributed by atoms with van der Waals surface area (Å²) in [5.41, 5.74) is -0.195. The lowest BCUT2D eigenvalue weighted by Crippen LogP contribution is -2.26. The van der Waals surface area contributed by atoms with E-state index in [4.69, 9.17) is 9.47 Å². The number of nitrogens with zero attached hydrogens (tertiary/aromatic N) is 2. The minimum absolute atomic E-state index is 0.0504. The Hall–Kier alpha value is -4.05. The minimum atomic E-state index is -0.758. The molecule has 0 saturated heterocycles. The fourth-order valence-corrected chi connectivity index (χ4v) is 4.33. The molecule has 2 aromatic heterocycles. The molecule has 1 amide bonds. The molecule has 34 heavy (non-hydrogen) atoms. The van der Waals surface area contributed by atoms with Crippen molar-refractivity contribution in [2.45, 2.75) is 13.3 Å². The van der Waals surface area contributed by atoms with Gasteiger partial charge >= 0.3 is 5.97 Å². The predicted octanol–water partition coefficient (Wildman–Crippen LogP) is 3.95. The first-order chi connectivity index (χ1) is 16.4. The Morgan fingerprint density at radius 1 is 1.15 bits per heavy atom. The number of amides is 1. The first-order valence-corrected chi connectivity index (χ1v) is 11.2. The van der Waals surface area contributed by atoms with Crippen molar-refractivity contribution in [3.63, 3.8) is 0 Å². The highest BCUT2D eigenvalue weighted by Gasteiger charge is 2.24. The third kappa shape index (κ3) is 4.53. The number of hydrogen-bond donors (Lipinski definition) is 1. The van der Waals surface area contributed by atoms with E-state index in [2.05, 4.69) is 10.4 Å². The summed E-state index contributed by atoms with van der Waals surface area (Å²) < 4.78 is 25.5. The van der Waals surface area contributed by atoms with Crippen LogP contribution in [0.1, 0.15) is 23.0 Å². The molecule has 0 bridgehead atoms. The fourth-order valence-electron chi connectivity index (χ4n) is 3.38. The lowest BCUT2D eigenvalue weighted by molar-refractivity contribution is -0.115. The summed E-state index contributed by atoms with van der Waals surface area (Å²) in [6.45, 7) is 1.73. The van der Waals surface area contributed by atoms with Gasteiger partial charge in [-0.15, -0.1) is 11.3 Å². The maximum absolute atomic E-state index is 14.5. The molecule has 0 unspecified atom stereocenters. The van der Waals surface area contributed by atoms with Crippen molar-refractivity contribution < 1.29 is 23.5 Å². The van der Waals surface area contributed by atoms with Gasteiger partial charge in [0.2, 0.25) is 5.91 Å². The Morgan fingerprint density at radius 3 is 2.56 bits per heavy atom. The second-order valence-electron chi connectivity index (χ2n) is 7.16. The maximum Gasteiger partial charge on any atom is 0.359 e. The lowest BCUT2D eigenvalue weighted by Gasteiger charge is -2.10. The number of ether oxygens (including phenoxy) is 2. The largest absolute Gasteiger partial charge is 0.497 e. The number of aromatic nitrogens is 2. The van der Waals surface area contributed by atoms with Crippen LogP contribution in [-0.2, 0) is 16.0 Å². The Bertz CT molecular complexity index is 1430. The van der Waals surface area contributed by atoms with Crippen LogP contribution in [0, 0.1) is 5.82 Å². The van der Waals surface area contributed by atoms with Gasteiger partial charge in [0.25, 0.3) is 5.56 Å². The van der Waals surface area contributed by atoms with Crippen molar-refractivity contribution in [3.8, 4) is 11.4 Å². The van der Waals surface area contributed by atoms with Gasteiger partial charge in [-0.3, -0.25) is 9.59 Å². The van der Waals surface area contributed by atoms with Gasteiger partial charge in [-0.1, -0.05) is 24.3 Å². The lowest BCUT2D eigenvalue weighted by atomic mass is 10.1. The molecule has 10 heteroatoms. The van der Waals surface area contributed by atoms with Crippen LogP contribution < -0.4 is 15.6 Å². The number of carbonyl (C=O) groups excluding carboxylic acids is 2. The second-order valence-corrected chi connectivity index (χ2v) is 8.04. The quantitative estimate of drug-likeness (QED) is 0.401. The molecule has 0 spiro atoms. The number of benzene rings is 2. The molecule has 174 valence electrons. The van der Waals surface area contributed by atoms with Crippen molar-refractivity contribution in [2.24, 2.45) is 0 Å². The second kappa shape index (κ2) is 9.84. The molecule has 2 heterocycles. The van der Waals surface area contributed by atoms with E-state index in [1.54, 1.807) is 49.7 Å². The van der Waals surface area contributed by atoms with Gasteiger partial charge in [-0.2, -0.15) is 9.78 Å². The molecule has 8 nitrogen and oxygen atoms in total. The number of carbonyl (C=O) groups is 2. The van der Waals surface area contributed by atoms with Crippen LogP contribution in [0.15, 0.2) is 58.7 Å². The molecule has 0 radical (unpaired) electrons. The van der Waals surface area contributed by atoms with Crippen LogP contribution >= 0.6 is 11.3 Å². The summed E-state index contributed by atoms with van der Waals surface area (Å²) in [6.07, 6.45) is 0.0563. The van der Waals surface area contributed by atoms with Gasteiger partial charge in [-0.05, 0) is 36.8 Å². The number of thiophene rings is 1. The third-order valence-corrected chi connectivity index (χ3v) is 5.87. The highest BCUT2D eigenvalue weighted by molar-refractivity contribution is 7.16. The van der Waals surface area contributed by atoms with Gasteiger partial charge in [-0.25, -0.2) is 9.18 Å². The van der Waals surface area contributed by atoms with Crippen LogP contribution in [-0.4, -0.2) is 35.4 Å². The highest BCUT2D eigenvalue weighted by atomic mass is 32.1. The molecule has 0 aliphatic heterocycles. The zero-order valence-corrected chi connectivity index (χ0v) is 19.1. The summed E-state index contributed by atoms with van der Waals surface area (Å²) in [4.78, 5) is 38.6. The van der Waals surface area contributed by atoms with Crippen LogP contribution in [0.25, 0.3) is 16.5 Å². The molecular weight excluding hydrogens is 461 g/mol. The number of halogens is 1. The van der Waals surface area contributed by atoms with Crippen LogP contribution in [0.4, 0.5) is 9.39 Å². The number of methoxy groups -OCH3 is 1. The van der Waals surface area contributed by atoms with Crippen molar-refractivity contribution in [1.29, 1.82) is 0 Å². The molecule has 2 aromatic carbocycles. The normalized spacial score (nSPS) is 10.8. The van der Waals surface area contributed by atoms with Gasteiger partial charge < -0.3 is 14.8 Å². The monoisotopic (exact) mass is 481 g/mol. The van der Waals surface area contributed by atoms with E-state index in [9.17, 15) is 18.8 Å². The maximum atomic E-state index is 14.5. The summed E-state index contributed by atoms with van der Waals surface area (Å²) >= 11 is 1.07. The van der Waals surface area contributed by atoms with E-state index in [1.165, 1.54) is 18.2 Å². The average Bonchev–Trinajstić information content (AvgIpc) is 3.24. The molecule has 0 saturated carbocycles. The molecule has 0 fully saturated rings. The summed E-state index contributed by atoms with van der Waals surface area (Å²) in [6, 6.07) is 12.6. The average molecular weight is 482 g/mol. The Kier molecular flexibility index (Phi) is 6.69. The molecule has 0 aliphatic carbocycles. The van der Waals surface area contributed by atoms with Crippen LogP contribution in [0.2, 0.25) is 0 Å². The number of rotatable bonds is 7. The number of nitrogens with one attached hydrogen (secondary N) is 1. The zero-order chi connectivity index (χ0) is 24.2. The smallest absolute Gasteiger partial charge is 0.359 e. The first-order valence-electron chi connectivity index (χ1n) is 10.3. The minimum Gasteiger partial charge on any atom is -0.497 e. The van der Waals surface area contributed by atoms with Crippen molar-refractivity contribution >= 4 is 39.0 Å². The van der Waals surface area contributed by atoms with Gasteiger partial charge in [0.15, 0.2) is 5.69 Å².